The smallest absolute Gasteiger partial charge is 0.0720 e. The van der Waals surface area contributed by atoms with Crippen LogP contribution in [0.2, 0.25) is 0 Å². The van der Waals surface area contributed by atoms with Gasteiger partial charge in [-0.25, -0.2) is 0 Å². The van der Waals surface area contributed by atoms with Crippen LogP contribution < -0.4 is 5.32 Å². The molecule has 0 fully saturated rings. The van der Waals surface area contributed by atoms with Crippen molar-refractivity contribution in [3.8, 4) is 0 Å². The monoisotopic (exact) mass is 249 g/mol. The lowest BCUT2D eigenvalue weighted by Crippen LogP contribution is -2.14. The number of ether oxygens (including phenoxy) is 1. The lowest BCUT2D eigenvalue weighted by molar-refractivity contribution is 0.0957. The second kappa shape index (κ2) is 7.55. The van der Waals surface area contributed by atoms with Gasteiger partial charge in [-0.3, -0.25) is 0 Å². The summed E-state index contributed by atoms with van der Waals surface area (Å²) in [6.07, 6.45) is 1.10. The van der Waals surface area contributed by atoms with Gasteiger partial charge in [-0.15, -0.1) is 0 Å². The van der Waals surface area contributed by atoms with Gasteiger partial charge in [0.05, 0.1) is 6.61 Å². The van der Waals surface area contributed by atoms with Gasteiger partial charge in [-0.2, -0.15) is 0 Å². The summed E-state index contributed by atoms with van der Waals surface area (Å²) < 4.78 is 5.79. The summed E-state index contributed by atoms with van der Waals surface area (Å²) in [7, 11) is 0. The molecule has 2 nitrogen and oxygen atoms in total. The summed E-state index contributed by atoms with van der Waals surface area (Å²) in [5.41, 5.74) is 2.99. The molecule has 0 unspecified atom stereocenters. The quantitative estimate of drug-likeness (QED) is 0.743. The molecular weight excluding hydrogens is 222 g/mol. The van der Waals surface area contributed by atoms with Crippen LogP contribution in [0.1, 0.15) is 45.2 Å². The third-order valence-electron chi connectivity index (χ3n) is 2.94. The molecule has 1 rings (SSSR count). The molecular formula is C16H27NO. The van der Waals surface area contributed by atoms with Crippen LogP contribution in [0.25, 0.3) is 0 Å². The van der Waals surface area contributed by atoms with Crippen LogP contribution in [0.5, 0.6) is 0 Å². The number of nitrogens with one attached hydrogen (secondary N) is 1. The number of hydrogen-bond acceptors (Lipinski definition) is 2. The second-order valence-electron chi connectivity index (χ2n) is 5.91. The van der Waals surface area contributed by atoms with Crippen molar-refractivity contribution in [3.63, 3.8) is 0 Å². The number of benzene rings is 1. The highest BCUT2D eigenvalue weighted by Gasteiger charge is 2.09. The van der Waals surface area contributed by atoms with E-state index in [4.69, 9.17) is 4.74 Å². The number of rotatable bonds is 7. The van der Waals surface area contributed by atoms with E-state index in [-0.39, 0.29) is 0 Å². The average molecular weight is 249 g/mol. The molecule has 0 atom stereocenters. The van der Waals surface area contributed by atoms with Gasteiger partial charge in [0.1, 0.15) is 0 Å². The Labute approximate surface area is 112 Å². The molecule has 0 aliphatic heterocycles. The van der Waals surface area contributed by atoms with Crippen molar-refractivity contribution in [3.05, 3.63) is 35.4 Å². The van der Waals surface area contributed by atoms with Crippen LogP contribution in [0.15, 0.2) is 24.3 Å². The molecule has 2 heteroatoms. The van der Waals surface area contributed by atoms with Crippen LogP contribution in [0.3, 0.4) is 0 Å². The van der Waals surface area contributed by atoms with E-state index < -0.39 is 0 Å². The first-order valence-corrected chi connectivity index (χ1v) is 6.88. The standard InChI is InChI=1S/C16H27NO/c1-5-17-12-14-8-6-7-9-15(14)13-18-11-10-16(2,3)4/h6-9,17H,5,10-13H2,1-4H3. The third-order valence-corrected chi connectivity index (χ3v) is 2.94. The fourth-order valence-corrected chi connectivity index (χ4v) is 1.69. The molecule has 0 aromatic heterocycles. The van der Waals surface area contributed by atoms with Crippen molar-refractivity contribution < 1.29 is 4.74 Å². The first-order valence-electron chi connectivity index (χ1n) is 6.88. The van der Waals surface area contributed by atoms with Crippen molar-refractivity contribution in [2.75, 3.05) is 13.2 Å². The molecule has 0 amide bonds. The van der Waals surface area contributed by atoms with Gasteiger partial charge in [0.15, 0.2) is 0 Å². The summed E-state index contributed by atoms with van der Waals surface area (Å²) >= 11 is 0. The Morgan fingerprint density at radius 3 is 2.39 bits per heavy atom. The molecule has 18 heavy (non-hydrogen) atoms. The largest absolute Gasteiger partial charge is 0.377 e. The molecule has 0 spiro atoms. The maximum Gasteiger partial charge on any atom is 0.0720 e. The van der Waals surface area contributed by atoms with Crippen LogP contribution in [0.4, 0.5) is 0 Å². The molecule has 1 N–H and O–H groups in total. The van der Waals surface area contributed by atoms with E-state index in [9.17, 15) is 0 Å². The Kier molecular flexibility index (Phi) is 6.37. The van der Waals surface area contributed by atoms with Gasteiger partial charge in [0.25, 0.3) is 0 Å². The topological polar surface area (TPSA) is 21.3 Å². The highest BCUT2D eigenvalue weighted by atomic mass is 16.5. The van der Waals surface area contributed by atoms with Gasteiger partial charge in [-0.05, 0) is 29.5 Å². The zero-order valence-electron chi connectivity index (χ0n) is 12.3. The SMILES string of the molecule is CCNCc1ccccc1COCCC(C)(C)C. The summed E-state index contributed by atoms with van der Waals surface area (Å²) in [6.45, 7) is 12.3. The molecule has 0 saturated heterocycles. The van der Waals surface area contributed by atoms with E-state index in [1.165, 1.54) is 11.1 Å². The van der Waals surface area contributed by atoms with Crippen molar-refractivity contribution in [2.24, 2.45) is 5.41 Å². The minimum atomic E-state index is 0.350. The summed E-state index contributed by atoms with van der Waals surface area (Å²) in [4.78, 5) is 0. The molecule has 0 aliphatic rings. The minimum absolute atomic E-state index is 0.350. The predicted octanol–water partition coefficient (Wildman–Crippen LogP) is 3.75. The zero-order valence-corrected chi connectivity index (χ0v) is 12.3. The Morgan fingerprint density at radius 1 is 1.11 bits per heavy atom. The van der Waals surface area contributed by atoms with E-state index in [1.54, 1.807) is 0 Å². The van der Waals surface area contributed by atoms with E-state index in [2.05, 4.69) is 57.3 Å². The highest BCUT2D eigenvalue weighted by molar-refractivity contribution is 5.26. The molecule has 0 radical (unpaired) electrons. The molecule has 0 aliphatic carbocycles. The first kappa shape index (κ1) is 15.2. The lowest BCUT2D eigenvalue weighted by Gasteiger charge is -2.18. The molecule has 0 bridgehead atoms. The first-order chi connectivity index (χ1) is 8.53. The highest BCUT2D eigenvalue weighted by Crippen LogP contribution is 2.18. The normalized spacial score (nSPS) is 11.8. The molecule has 1 aromatic rings. The van der Waals surface area contributed by atoms with E-state index in [1.807, 2.05) is 0 Å². The molecule has 102 valence electrons. The summed E-state index contributed by atoms with van der Waals surface area (Å²) in [6, 6.07) is 8.50. The molecule has 0 saturated carbocycles. The van der Waals surface area contributed by atoms with Crippen LogP contribution >= 0.6 is 0 Å². The fourth-order valence-electron chi connectivity index (χ4n) is 1.69. The van der Waals surface area contributed by atoms with Crippen LogP contribution in [-0.4, -0.2) is 13.2 Å². The van der Waals surface area contributed by atoms with Crippen molar-refractivity contribution >= 4 is 0 Å². The maximum absolute atomic E-state index is 5.79. The van der Waals surface area contributed by atoms with Crippen LogP contribution in [-0.2, 0) is 17.9 Å². The Morgan fingerprint density at radius 2 is 1.78 bits per heavy atom. The van der Waals surface area contributed by atoms with Gasteiger partial charge in [-0.1, -0.05) is 52.0 Å². The maximum atomic E-state index is 5.79. The third kappa shape index (κ3) is 6.18. The van der Waals surface area contributed by atoms with Crippen molar-refractivity contribution in [1.82, 2.24) is 5.32 Å². The predicted molar refractivity (Wildman–Crippen MR) is 77.6 cm³/mol. The zero-order chi connectivity index (χ0) is 13.4. The van der Waals surface area contributed by atoms with Gasteiger partial charge < -0.3 is 10.1 Å². The van der Waals surface area contributed by atoms with E-state index in [0.29, 0.717) is 5.41 Å². The Balaban J connectivity index is 2.41. The second-order valence-corrected chi connectivity index (χ2v) is 5.91. The average Bonchev–Trinajstić information content (AvgIpc) is 2.32. The van der Waals surface area contributed by atoms with Crippen molar-refractivity contribution in [2.45, 2.75) is 47.3 Å². The van der Waals surface area contributed by atoms with Gasteiger partial charge in [0, 0.05) is 13.2 Å². The van der Waals surface area contributed by atoms with E-state index in [0.717, 1.165) is 32.7 Å². The Hall–Kier alpha value is -0.860. The number of hydrogen-bond donors (Lipinski definition) is 1. The van der Waals surface area contributed by atoms with Crippen LogP contribution in [0, 0.1) is 5.41 Å². The van der Waals surface area contributed by atoms with Gasteiger partial charge >= 0.3 is 0 Å². The Bertz CT molecular complexity index is 341. The van der Waals surface area contributed by atoms with E-state index >= 15 is 0 Å². The van der Waals surface area contributed by atoms with Crippen molar-refractivity contribution in [1.29, 1.82) is 0 Å². The minimum Gasteiger partial charge on any atom is -0.377 e. The van der Waals surface area contributed by atoms with Gasteiger partial charge in [0.2, 0.25) is 0 Å². The summed E-state index contributed by atoms with van der Waals surface area (Å²) in [5, 5.41) is 3.36. The molecule has 1 aromatic carbocycles. The summed E-state index contributed by atoms with van der Waals surface area (Å²) in [5.74, 6) is 0. The fraction of sp³-hybridized carbons (Fsp3) is 0.625. The lowest BCUT2D eigenvalue weighted by atomic mass is 9.93. The molecule has 0 heterocycles.